The first-order valence-electron chi connectivity index (χ1n) is 4.56. The van der Waals surface area contributed by atoms with E-state index in [1.807, 2.05) is 0 Å². The highest BCUT2D eigenvalue weighted by molar-refractivity contribution is 7.99. The van der Waals surface area contributed by atoms with Gasteiger partial charge in [0, 0.05) is 16.7 Å². The molecule has 4 heteroatoms. The van der Waals surface area contributed by atoms with Crippen LogP contribution in [-0.2, 0) is 0 Å². The first-order chi connectivity index (χ1) is 5.93. The van der Waals surface area contributed by atoms with Crippen molar-refractivity contribution in [1.29, 1.82) is 0 Å². The maximum atomic E-state index is 8.03. The maximum Gasteiger partial charge on any atom is 0.0265 e. The lowest BCUT2D eigenvalue weighted by molar-refractivity contribution is 0.886. The number of hydrogen-bond acceptors (Lipinski definition) is 2. The van der Waals surface area contributed by atoms with Crippen LogP contribution in [0, 0.1) is 0 Å². The van der Waals surface area contributed by atoms with Crippen molar-refractivity contribution in [3.63, 3.8) is 0 Å². The van der Waals surface area contributed by atoms with Crippen molar-refractivity contribution >= 4 is 11.8 Å². The highest BCUT2D eigenvalue weighted by atomic mass is 32.2. The second kappa shape index (κ2) is 6.21. The Bertz CT molecular complexity index is 160. The summed E-state index contributed by atoms with van der Waals surface area (Å²) in [4.78, 5) is 2.72. The van der Waals surface area contributed by atoms with Crippen LogP contribution in [0.25, 0.3) is 10.4 Å². The smallest absolute Gasteiger partial charge is 0.0265 e. The highest BCUT2D eigenvalue weighted by Gasteiger charge is 2.14. The summed E-state index contributed by atoms with van der Waals surface area (Å²) < 4.78 is 0. The van der Waals surface area contributed by atoms with E-state index in [9.17, 15) is 0 Å². The minimum absolute atomic E-state index is 0.663. The van der Waals surface area contributed by atoms with Gasteiger partial charge in [-0.25, -0.2) is 0 Å². The van der Waals surface area contributed by atoms with Crippen LogP contribution in [0.3, 0.4) is 0 Å². The third-order valence-corrected chi connectivity index (χ3v) is 3.59. The molecule has 0 saturated heterocycles. The zero-order chi connectivity index (χ0) is 8.65. The van der Waals surface area contributed by atoms with Crippen LogP contribution in [-0.4, -0.2) is 17.5 Å². The Morgan fingerprint density at radius 3 is 2.83 bits per heavy atom. The summed E-state index contributed by atoms with van der Waals surface area (Å²) in [5.74, 6) is 1.16. The molecule has 1 aliphatic carbocycles. The Kier molecular flexibility index (Phi) is 5.04. The predicted molar refractivity (Wildman–Crippen MR) is 53.3 cm³/mol. The molecule has 0 radical (unpaired) electrons. The zero-order valence-electron chi connectivity index (χ0n) is 7.28. The van der Waals surface area contributed by atoms with Crippen molar-refractivity contribution in [3.05, 3.63) is 10.4 Å². The van der Waals surface area contributed by atoms with Crippen LogP contribution in [0.5, 0.6) is 0 Å². The Morgan fingerprint density at radius 2 is 2.17 bits per heavy atom. The minimum Gasteiger partial charge on any atom is -0.159 e. The van der Waals surface area contributed by atoms with Crippen molar-refractivity contribution in [1.82, 2.24) is 0 Å². The van der Waals surface area contributed by atoms with Crippen molar-refractivity contribution in [2.45, 2.75) is 37.4 Å². The van der Waals surface area contributed by atoms with Crippen LogP contribution in [0.2, 0.25) is 0 Å². The number of nitrogens with zero attached hydrogens (tertiary/aromatic N) is 3. The van der Waals surface area contributed by atoms with Crippen molar-refractivity contribution < 1.29 is 0 Å². The van der Waals surface area contributed by atoms with Crippen LogP contribution < -0.4 is 0 Å². The fourth-order valence-electron chi connectivity index (χ4n) is 1.49. The summed E-state index contributed by atoms with van der Waals surface area (Å²) in [7, 11) is 0. The number of rotatable bonds is 5. The van der Waals surface area contributed by atoms with Gasteiger partial charge in [0.15, 0.2) is 0 Å². The zero-order valence-corrected chi connectivity index (χ0v) is 8.09. The number of hydrogen-bond donors (Lipinski definition) is 0. The van der Waals surface area contributed by atoms with Crippen molar-refractivity contribution in [2.75, 3.05) is 12.3 Å². The third-order valence-electron chi connectivity index (χ3n) is 2.12. The molecule has 0 atom stereocenters. The normalized spacial score (nSPS) is 17.7. The Labute approximate surface area is 77.5 Å². The summed E-state index contributed by atoms with van der Waals surface area (Å²) >= 11 is 2.05. The van der Waals surface area contributed by atoms with E-state index in [4.69, 9.17) is 5.53 Å². The molecule has 0 heterocycles. The molecular formula is C8H15N3S. The quantitative estimate of drug-likeness (QED) is 0.280. The van der Waals surface area contributed by atoms with E-state index in [-0.39, 0.29) is 0 Å². The molecule has 1 aliphatic rings. The molecule has 1 fully saturated rings. The summed E-state index contributed by atoms with van der Waals surface area (Å²) in [6, 6.07) is 0. The lowest BCUT2D eigenvalue weighted by atomic mass is 10.4. The minimum atomic E-state index is 0.663. The molecular weight excluding hydrogens is 170 g/mol. The molecule has 0 spiro atoms. The summed E-state index contributed by atoms with van der Waals surface area (Å²) in [5.41, 5.74) is 8.03. The van der Waals surface area contributed by atoms with Gasteiger partial charge >= 0.3 is 0 Å². The fourth-order valence-corrected chi connectivity index (χ4v) is 2.78. The van der Waals surface area contributed by atoms with Gasteiger partial charge in [-0.15, -0.1) is 0 Å². The van der Waals surface area contributed by atoms with Gasteiger partial charge < -0.3 is 0 Å². The SMILES string of the molecule is [N-]=[N+]=NCCCSC1CCCC1. The van der Waals surface area contributed by atoms with E-state index in [0.717, 1.165) is 17.4 Å². The molecule has 1 rings (SSSR count). The molecule has 68 valence electrons. The fraction of sp³-hybridized carbons (Fsp3) is 1.00. The third kappa shape index (κ3) is 3.88. The van der Waals surface area contributed by atoms with E-state index in [1.165, 1.54) is 25.7 Å². The van der Waals surface area contributed by atoms with E-state index in [0.29, 0.717) is 6.54 Å². The molecule has 1 saturated carbocycles. The summed E-state index contributed by atoms with van der Waals surface area (Å²) in [5, 5.41) is 4.40. The summed E-state index contributed by atoms with van der Waals surface area (Å²) in [6.45, 7) is 0.663. The molecule has 0 amide bonds. The molecule has 0 unspecified atom stereocenters. The van der Waals surface area contributed by atoms with Crippen molar-refractivity contribution in [2.24, 2.45) is 5.11 Å². The Morgan fingerprint density at radius 1 is 1.42 bits per heavy atom. The van der Waals surface area contributed by atoms with Gasteiger partial charge in [0.2, 0.25) is 0 Å². The number of thioether (sulfide) groups is 1. The molecule has 3 nitrogen and oxygen atoms in total. The maximum absolute atomic E-state index is 8.03. The lowest BCUT2D eigenvalue weighted by Gasteiger charge is -2.06. The number of azide groups is 1. The highest BCUT2D eigenvalue weighted by Crippen LogP contribution is 2.29. The Hall–Kier alpha value is -0.340. The molecule has 0 aromatic rings. The average Bonchev–Trinajstić information content (AvgIpc) is 2.57. The first kappa shape index (κ1) is 9.75. The van der Waals surface area contributed by atoms with Gasteiger partial charge in [0.05, 0.1) is 0 Å². The van der Waals surface area contributed by atoms with Crippen LogP contribution in [0.4, 0.5) is 0 Å². The largest absolute Gasteiger partial charge is 0.159 e. The van der Waals surface area contributed by atoms with Gasteiger partial charge in [0.25, 0.3) is 0 Å². The van der Waals surface area contributed by atoms with Gasteiger partial charge in [-0.1, -0.05) is 18.0 Å². The second-order valence-electron chi connectivity index (χ2n) is 3.09. The standard InChI is InChI=1S/C8H15N3S/c9-11-10-6-3-7-12-8-4-1-2-5-8/h8H,1-7H2. The van der Waals surface area contributed by atoms with Crippen LogP contribution in [0.1, 0.15) is 32.1 Å². The topological polar surface area (TPSA) is 48.8 Å². The van der Waals surface area contributed by atoms with E-state index in [2.05, 4.69) is 21.8 Å². The average molecular weight is 185 g/mol. The molecule has 0 aromatic carbocycles. The van der Waals surface area contributed by atoms with Gasteiger partial charge in [-0.05, 0) is 30.5 Å². The lowest BCUT2D eigenvalue weighted by Crippen LogP contribution is -1.96. The van der Waals surface area contributed by atoms with E-state index < -0.39 is 0 Å². The van der Waals surface area contributed by atoms with Gasteiger partial charge in [0.1, 0.15) is 0 Å². The second-order valence-corrected chi connectivity index (χ2v) is 4.49. The molecule has 12 heavy (non-hydrogen) atoms. The first-order valence-corrected chi connectivity index (χ1v) is 5.61. The van der Waals surface area contributed by atoms with Crippen molar-refractivity contribution in [3.8, 4) is 0 Å². The monoisotopic (exact) mass is 185 g/mol. The molecule has 0 N–H and O–H groups in total. The van der Waals surface area contributed by atoms with Gasteiger partial charge in [-0.3, -0.25) is 0 Å². The van der Waals surface area contributed by atoms with E-state index >= 15 is 0 Å². The van der Waals surface area contributed by atoms with Gasteiger partial charge in [-0.2, -0.15) is 11.8 Å². The molecule has 0 aromatic heterocycles. The Balaban J connectivity index is 1.91. The molecule has 0 bridgehead atoms. The molecule has 0 aliphatic heterocycles. The summed E-state index contributed by atoms with van der Waals surface area (Å²) in [6.07, 6.45) is 6.64. The van der Waals surface area contributed by atoms with Crippen LogP contribution in [0.15, 0.2) is 5.11 Å². The predicted octanol–water partition coefficient (Wildman–Crippen LogP) is 3.36. The van der Waals surface area contributed by atoms with Crippen LogP contribution >= 0.6 is 11.8 Å². The van der Waals surface area contributed by atoms with E-state index in [1.54, 1.807) is 0 Å².